The minimum atomic E-state index is -4.48. The Balaban J connectivity index is 1.30. The van der Waals surface area contributed by atoms with Crippen LogP contribution in [0.2, 0.25) is 0 Å². The molecule has 1 saturated heterocycles. The van der Waals surface area contributed by atoms with Gasteiger partial charge in [-0.3, -0.25) is 24.4 Å². The van der Waals surface area contributed by atoms with Gasteiger partial charge in [0, 0.05) is 62.0 Å². The number of alkyl halides is 3. The maximum Gasteiger partial charge on any atom is 0.405 e. The van der Waals surface area contributed by atoms with E-state index in [9.17, 15) is 22.8 Å². The molecule has 3 aromatic rings. The first-order valence-electron chi connectivity index (χ1n) is 13.4. The van der Waals surface area contributed by atoms with Crippen LogP contribution in [0.25, 0.3) is 10.4 Å². The van der Waals surface area contributed by atoms with E-state index in [1.807, 2.05) is 58.9 Å². The molecule has 2 amide bonds. The molecular formula is C29H34F3N5O2S. The molecule has 0 aliphatic carbocycles. The number of thiophene rings is 1. The van der Waals surface area contributed by atoms with E-state index in [0.717, 1.165) is 21.6 Å². The number of unbranched alkanes of at least 4 members (excludes halogenated alkanes) is 1. The lowest BCUT2D eigenvalue weighted by molar-refractivity contribution is -0.143. The molecule has 1 aliphatic heterocycles. The minimum absolute atomic E-state index is 0.0495. The summed E-state index contributed by atoms with van der Waals surface area (Å²) in [4.78, 5) is 34.6. The number of hydrogen-bond donors (Lipinski definition) is 2. The Hall–Kier alpha value is -3.28. The number of rotatable bonds is 12. The van der Waals surface area contributed by atoms with Crippen LogP contribution in [0.15, 0.2) is 66.3 Å². The number of carbonyl (C=O) groups is 2. The van der Waals surface area contributed by atoms with Gasteiger partial charge < -0.3 is 10.6 Å². The van der Waals surface area contributed by atoms with Crippen LogP contribution < -0.4 is 10.6 Å². The number of hydrogen-bond acceptors (Lipinski definition) is 6. The summed E-state index contributed by atoms with van der Waals surface area (Å²) in [7, 11) is 0. The highest BCUT2D eigenvalue weighted by Crippen LogP contribution is 2.25. The standard InChI is InChI=1S/C29H34F3N5O2S/c30-29(31,32)21-35-28(39)25-20-36(19-23-15-24(18-33-16-23)26-9-6-14-40-26)12-13-37(25)11-5-4-10-27(38)34-17-22-7-2-1-3-8-22/h1-3,6-9,14-16,18,25H,4-5,10-13,17,19-21H2,(H,34,38)(H,35,39). The van der Waals surface area contributed by atoms with E-state index in [-0.39, 0.29) is 5.91 Å². The second kappa shape index (κ2) is 14.4. The number of benzene rings is 1. The molecule has 0 bridgehead atoms. The van der Waals surface area contributed by atoms with Crippen molar-refractivity contribution in [2.75, 3.05) is 32.7 Å². The van der Waals surface area contributed by atoms with Crippen LogP contribution in [-0.2, 0) is 22.7 Å². The van der Waals surface area contributed by atoms with Crippen LogP contribution in [0, 0.1) is 0 Å². The zero-order chi connectivity index (χ0) is 28.4. The van der Waals surface area contributed by atoms with Crippen LogP contribution in [0.3, 0.4) is 0 Å². The van der Waals surface area contributed by atoms with E-state index >= 15 is 0 Å². The highest BCUT2D eigenvalue weighted by Gasteiger charge is 2.35. The van der Waals surface area contributed by atoms with E-state index in [0.29, 0.717) is 58.5 Å². The van der Waals surface area contributed by atoms with Gasteiger partial charge in [-0.25, -0.2) is 0 Å². The molecule has 3 heterocycles. The normalized spacial score (nSPS) is 16.5. The Bertz CT molecular complexity index is 1220. The number of nitrogens with one attached hydrogen (secondary N) is 2. The Labute approximate surface area is 236 Å². The average molecular weight is 574 g/mol. The Morgan fingerprint density at radius 3 is 2.58 bits per heavy atom. The van der Waals surface area contributed by atoms with Crippen LogP contribution in [0.5, 0.6) is 0 Å². The van der Waals surface area contributed by atoms with Gasteiger partial charge in [-0.1, -0.05) is 36.4 Å². The van der Waals surface area contributed by atoms with Crippen molar-refractivity contribution in [3.8, 4) is 10.4 Å². The number of carbonyl (C=O) groups excluding carboxylic acids is 2. The SMILES string of the molecule is O=C(CCCCN1CCN(Cc2cncc(-c3cccs3)c2)CC1C(=O)NCC(F)(F)F)NCc1ccccc1. The van der Waals surface area contributed by atoms with Gasteiger partial charge in [-0.05, 0) is 48.0 Å². The fourth-order valence-electron chi connectivity index (χ4n) is 4.74. The third kappa shape index (κ3) is 9.42. The summed E-state index contributed by atoms with van der Waals surface area (Å²) in [6.45, 7) is 1.71. The number of amides is 2. The molecule has 11 heteroatoms. The van der Waals surface area contributed by atoms with Gasteiger partial charge in [0.1, 0.15) is 12.6 Å². The summed E-state index contributed by atoms with van der Waals surface area (Å²) < 4.78 is 38.4. The first-order valence-corrected chi connectivity index (χ1v) is 14.2. The van der Waals surface area contributed by atoms with Gasteiger partial charge in [-0.2, -0.15) is 13.2 Å². The van der Waals surface area contributed by atoms with E-state index in [4.69, 9.17) is 0 Å². The van der Waals surface area contributed by atoms with Crippen molar-refractivity contribution in [1.82, 2.24) is 25.4 Å². The Morgan fingerprint density at radius 1 is 1.00 bits per heavy atom. The van der Waals surface area contributed by atoms with E-state index in [1.54, 1.807) is 17.5 Å². The number of pyridine rings is 1. The molecule has 2 aromatic heterocycles. The molecule has 0 saturated carbocycles. The second-order valence-electron chi connectivity index (χ2n) is 9.90. The van der Waals surface area contributed by atoms with Crippen LogP contribution >= 0.6 is 11.3 Å². The molecular weight excluding hydrogens is 539 g/mol. The summed E-state index contributed by atoms with van der Waals surface area (Å²) in [5.41, 5.74) is 3.02. The maximum atomic E-state index is 12.9. The average Bonchev–Trinajstić information content (AvgIpc) is 3.49. The Kier molecular flexibility index (Phi) is 10.7. The summed E-state index contributed by atoms with van der Waals surface area (Å²) in [6.07, 6.45) is 0.752. The number of nitrogens with zero attached hydrogens (tertiary/aromatic N) is 3. The molecule has 1 unspecified atom stereocenters. The fraction of sp³-hybridized carbons (Fsp3) is 0.414. The lowest BCUT2D eigenvalue weighted by Gasteiger charge is -2.40. The van der Waals surface area contributed by atoms with Crippen molar-refractivity contribution >= 4 is 23.2 Å². The van der Waals surface area contributed by atoms with Crippen molar-refractivity contribution in [3.63, 3.8) is 0 Å². The molecule has 214 valence electrons. The van der Waals surface area contributed by atoms with Crippen molar-refractivity contribution in [1.29, 1.82) is 0 Å². The number of piperazine rings is 1. The number of halogens is 3. The predicted molar refractivity (Wildman–Crippen MR) is 149 cm³/mol. The predicted octanol–water partition coefficient (Wildman–Crippen LogP) is 4.46. The minimum Gasteiger partial charge on any atom is -0.352 e. The summed E-state index contributed by atoms with van der Waals surface area (Å²) in [5.74, 6) is -0.681. The largest absolute Gasteiger partial charge is 0.405 e. The molecule has 40 heavy (non-hydrogen) atoms. The van der Waals surface area contributed by atoms with E-state index < -0.39 is 24.7 Å². The van der Waals surface area contributed by atoms with E-state index in [2.05, 4.69) is 26.6 Å². The fourth-order valence-corrected chi connectivity index (χ4v) is 5.45. The molecule has 1 aliphatic rings. The van der Waals surface area contributed by atoms with Crippen LogP contribution in [-0.4, -0.2) is 71.5 Å². The van der Waals surface area contributed by atoms with Crippen molar-refractivity contribution in [3.05, 3.63) is 77.4 Å². The summed E-state index contributed by atoms with van der Waals surface area (Å²) >= 11 is 1.63. The van der Waals surface area contributed by atoms with Crippen molar-refractivity contribution < 1.29 is 22.8 Å². The zero-order valence-corrected chi connectivity index (χ0v) is 23.0. The van der Waals surface area contributed by atoms with Gasteiger partial charge >= 0.3 is 6.18 Å². The lowest BCUT2D eigenvalue weighted by atomic mass is 10.1. The number of aromatic nitrogens is 1. The molecule has 1 fully saturated rings. The first-order chi connectivity index (χ1) is 19.3. The Morgan fingerprint density at radius 2 is 1.82 bits per heavy atom. The highest BCUT2D eigenvalue weighted by atomic mass is 32.1. The maximum absolute atomic E-state index is 12.9. The molecule has 0 spiro atoms. The third-order valence-corrected chi connectivity index (χ3v) is 7.70. The summed E-state index contributed by atoms with van der Waals surface area (Å²) in [5, 5.41) is 6.97. The van der Waals surface area contributed by atoms with Crippen LogP contribution in [0.1, 0.15) is 30.4 Å². The highest BCUT2D eigenvalue weighted by molar-refractivity contribution is 7.13. The van der Waals surface area contributed by atoms with Crippen LogP contribution in [0.4, 0.5) is 13.2 Å². The molecule has 0 radical (unpaired) electrons. The monoisotopic (exact) mass is 573 g/mol. The topological polar surface area (TPSA) is 77.6 Å². The summed E-state index contributed by atoms with van der Waals surface area (Å²) in [6, 6.07) is 15.0. The molecule has 7 nitrogen and oxygen atoms in total. The smallest absolute Gasteiger partial charge is 0.352 e. The molecule has 2 N–H and O–H groups in total. The third-order valence-electron chi connectivity index (χ3n) is 6.78. The van der Waals surface area contributed by atoms with Gasteiger partial charge in [0.2, 0.25) is 11.8 Å². The van der Waals surface area contributed by atoms with Gasteiger partial charge in [-0.15, -0.1) is 11.3 Å². The second-order valence-corrected chi connectivity index (χ2v) is 10.8. The van der Waals surface area contributed by atoms with E-state index in [1.165, 1.54) is 0 Å². The first kappa shape index (κ1) is 29.7. The molecule has 1 atom stereocenters. The molecule has 4 rings (SSSR count). The van der Waals surface area contributed by atoms with Crippen molar-refractivity contribution in [2.24, 2.45) is 0 Å². The lowest BCUT2D eigenvalue weighted by Crippen LogP contribution is -2.59. The van der Waals surface area contributed by atoms with Gasteiger partial charge in [0.05, 0.1) is 0 Å². The van der Waals surface area contributed by atoms with Crippen molar-refractivity contribution in [2.45, 2.75) is 44.6 Å². The van der Waals surface area contributed by atoms with Gasteiger partial charge in [0.15, 0.2) is 0 Å². The van der Waals surface area contributed by atoms with Gasteiger partial charge in [0.25, 0.3) is 0 Å². The quantitative estimate of drug-likeness (QED) is 0.313. The molecule has 1 aromatic carbocycles. The zero-order valence-electron chi connectivity index (χ0n) is 22.2.